The Balaban J connectivity index is 0. The number of hydrogen-bond acceptors (Lipinski definition) is 0. The van der Waals surface area contributed by atoms with E-state index in [2.05, 4.69) is 59.1 Å². The van der Waals surface area contributed by atoms with Crippen LogP contribution in [-0.4, -0.2) is 18.2 Å². The third-order valence-electron chi connectivity index (χ3n) is 3.56. The van der Waals surface area contributed by atoms with Crippen LogP contribution in [0.5, 0.6) is 0 Å². The van der Waals surface area contributed by atoms with Crippen molar-refractivity contribution in [3.05, 3.63) is 139 Å². The van der Waals surface area contributed by atoms with Crippen molar-refractivity contribution in [2.45, 2.75) is 52.9 Å². The average Bonchev–Trinajstić information content (AvgIpc) is 2.70. The first-order valence-corrected chi connectivity index (χ1v) is 10.7. The van der Waals surface area contributed by atoms with Crippen LogP contribution in [0.15, 0.2) is 91.0 Å². The Morgan fingerprint density at radius 2 is 0.688 bits per heavy atom. The van der Waals surface area contributed by atoms with Gasteiger partial charge in [-0.05, 0) is 0 Å². The molecule has 0 amide bonds. The second-order valence-electron chi connectivity index (χ2n) is 7.57. The van der Waals surface area contributed by atoms with Crippen LogP contribution >= 0.6 is 0 Å². The fraction of sp³-hybridized carbons (Fsp3) is 0.276. The Morgan fingerprint density at radius 3 is 0.812 bits per heavy atom. The second-order valence-corrected chi connectivity index (χ2v) is 7.57. The summed E-state index contributed by atoms with van der Waals surface area (Å²) in [6, 6.07) is 30.4. The van der Waals surface area contributed by atoms with Crippen LogP contribution in [0, 0.1) is 20.8 Å². The molecule has 0 N–H and O–H groups in total. The molecule has 174 valence electrons. The topological polar surface area (TPSA) is 28.2 Å². The molecule has 0 aromatic heterocycles. The maximum absolute atomic E-state index is 4.35. The van der Waals surface area contributed by atoms with Crippen LogP contribution in [0.3, 0.4) is 0 Å². The molecule has 0 aliphatic carbocycles. The average molecular weight is 594 g/mol. The standard InChI is InChI=1S/C8H18N2.3C7H7.Hf/c1-6(2)9-8(5)10-7(3)4;3*1-7-5-3-2-4-6-7;/h6-8H,1-5H3;3*2-6H,1H2;/q-2;3*-1;. The summed E-state index contributed by atoms with van der Waals surface area (Å²) in [4.78, 5) is 0. The number of nitrogens with zero attached hydrogens (tertiary/aromatic N) is 2. The summed E-state index contributed by atoms with van der Waals surface area (Å²) in [7, 11) is 0. The van der Waals surface area contributed by atoms with Gasteiger partial charge < -0.3 is 10.6 Å². The molecule has 0 saturated heterocycles. The minimum atomic E-state index is 0. The molecule has 0 saturated carbocycles. The predicted molar refractivity (Wildman–Crippen MR) is 139 cm³/mol. The maximum Gasteiger partial charge on any atom is 0 e. The van der Waals surface area contributed by atoms with Crippen LogP contribution in [-0.2, 0) is 25.8 Å². The second kappa shape index (κ2) is 20.9. The van der Waals surface area contributed by atoms with E-state index in [0.29, 0.717) is 12.1 Å². The summed E-state index contributed by atoms with van der Waals surface area (Å²) in [5.41, 5.74) is 3.22. The molecule has 3 aromatic carbocycles. The Kier molecular flexibility index (Phi) is 21.1. The third-order valence-corrected chi connectivity index (χ3v) is 3.56. The van der Waals surface area contributed by atoms with E-state index >= 15 is 0 Å². The minimum Gasteiger partial charge on any atom is -0.676 e. The van der Waals surface area contributed by atoms with E-state index in [0.717, 1.165) is 16.7 Å². The predicted octanol–water partition coefficient (Wildman–Crippen LogP) is 8.50. The molecule has 0 radical (unpaired) electrons. The van der Waals surface area contributed by atoms with Gasteiger partial charge in [0.05, 0.1) is 0 Å². The van der Waals surface area contributed by atoms with E-state index in [1.54, 1.807) is 0 Å². The van der Waals surface area contributed by atoms with Crippen molar-refractivity contribution in [1.82, 2.24) is 0 Å². The van der Waals surface area contributed by atoms with Gasteiger partial charge in [-0.3, -0.25) is 0 Å². The summed E-state index contributed by atoms with van der Waals surface area (Å²) >= 11 is 0. The van der Waals surface area contributed by atoms with Gasteiger partial charge >= 0.3 is 0 Å². The van der Waals surface area contributed by atoms with Crippen LogP contribution in [0.4, 0.5) is 0 Å². The first-order chi connectivity index (χ1) is 14.7. The van der Waals surface area contributed by atoms with E-state index in [-0.39, 0.29) is 32.0 Å². The van der Waals surface area contributed by atoms with E-state index < -0.39 is 0 Å². The zero-order chi connectivity index (χ0) is 23.5. The van der Waals surface area contributed by atoms with Crippen LogP contribution in [0.2, 0.25) is 0 Å². The zero-order valence-corrected chi connectivity index (χ0v) is 24.0. The Hall–Kier alpha value is -1.94. The molecule has 0 heterocycles. The van der Waals surface area contributed by atoms with Gasteiger partial charge in [0.25, 0.3) is 0 Å². The number of rotatable bonds is 4. The molecule has 0 bridgehead atoms. The molecule has 0 aliphatic rings. The van der Waals surface area contributed by atoms with Gasteiger partial charge in [-0.15, -0.1) is 55.4 Å². The molecular formula is C29H39HfN2-5. The van der Waals surface area contributed by atoms with Gasteiger partial charge in [0.2, 0.25) is 0 Å². The summed E-state index contributed by atoms with van der Waals surface area (Å²) < 4.78 is 0. The molecule has 0 atom stereocenters. The Morgan fingerprint density at radius 1 is 0.469 bits per heavy atom. The van der Waals surface area contributed by atoms with E-state index in [1.165, 1.54) is 0 Å². The summed E-state index contributed by atoms with van der Waals surface area (Å²) in [5, 5.41) is 8.70. The summed E-state index contributed by atoms with van der Waals surface area (Å²) in [6.07, 6.45) is 0.167. The maximum atomic E-state index is 4.35. The van der Waals surface area contributed by atoms with Crippen molar-refractivity contribution in [2.24, 2.45) is 0 Å². The van der Waals surface area contributed by atoms with Crippen molar-refractivity contribution in [3.63, 3.8) is 0 Å². The molecule has 0 unspecified atom stereocenters. The smallest absolute Gasteiger partial charge is 0 e. The third kappa shape index (κ3) is 22.7. The quantitative estimate of drug-likeness (QED) is 0.214. The zero-order valence-electron chi connectivity index (χ0n) is 20.4. The van der Waals surface area contributed by atoms with Crippen LogP contribution in [0.25, 0.3) is 10.6 Å². The van der Waals surface area contributed by atoms with E-state index in [4.69, 9.17) is 0 Å². The molecule has 3 rings (SSSR count). The van der Waals surface area contributed by atoms with Gasteiger partial charge in [0.1, 0.15) is 0 Å². The fourth-order valence-corrected chi connectivity index (χ4v) is 2.34. The molecule has 0 aliphatic heterocycles. The molecule has 3 aromatic rings. The first kappa shape index (κ1) is 32.2. The normalized spacial score (nSPS) is 9.38. The molecule has 3 heteroatoms. The molecule has 32 heavy (non-hydrogen) atoms. The van der Waals surface area contributed by atoms with E-state index in [1.807, 2.05) is 97.9 Å². The fourth-order valence-electron chi connectivity index (χ4n) is 2.34. The molecular weight excluding hydrogens is 555 g/mol. The van der Waals surface area contributed by atoms with Crippen molar-refractivity contribution in [1.29, 1.82) is 0 Å². The van der Waals surface area contributed by atoms with E-state index in [9.17, 15) is 0 Å². The van der Waals surface area contributed by atoms with Crippen molar-refractivity contribution in [3.8, 4) is 0 Å². The van der Waals surface area contributed by atoms with Crippen LogP contribution in [0.1, 0.15) is 51.3 Å². The Labute approximate surface area is 217 Å². The van der Waals surface area contributed by atoms with Crippen molar-refractivity contribution >= 4 is 0 Å². The van der Waals surface area contributed by atoms with Crippen molar-refractivity contribution in [2.75, 3.05) is 0 Å². The molecule has 2 nitrogen and oxygen atoms in total. The minimum absolute atomic E-state index is 0. The van der Waals surface area contributed by atoms with Gasteiger partial charge in [0, 0.05) is 25.8 Å². The van der Waals surface area contributed by atoms with Gasteiger partial charge in [-0.1, -0.05) is 45.9 Å². The Bertz CT molecular complexity index is 645. The first-order valence-electron chi connectivity index (χ1n) is 10.7. The summed E-state index contributed by atoms with van der Waals surface area (Å²) in [6.45, 7) is 21.5. The van der Waals surface area contributed by atoms with Gasteiger partial charge in [-0.25, -0.2) is 6.17 Å². The number of benzene rings is 3. The SMILES string of the molecule is CC(C)[N-]C(C)[N-]C(C)C.[CH2-]c1ccccc1.[CH2-]c1ccccc1.[CH2-]c1ccccc1.[Hf]. The number of hydrogen-bond donors (Lipinski definition) is 0. The van der Waals surface area contributed by atoms with Gasteiger partial charge in [-0.2, -0.15) is 73.9 Å². The van der Waals surface area contributed by atoms with Gasteiger partial charge in [0.15, 0.2) is 0 Å². The van der Waals surface area contributed by atoms with Crippen LogP contribution < -0.4 is 0 Å². The van der Waals surface area contributed by atoms with Crippen molar-refractivity contribution < 1.29 is 25.8 Å². The largest absolute Gasteiger partial charge is 0.676 e. The molecule has 0 fully saturated rings. The molecule has 0 spiro atoms. The monoisotopic (exact) mass is 595 g/mol. The summed E-state index contributed by atoms with van der Waals surface area (Å²) in [5.74, 6) is 0.